The van der Waals surface area contributed by atoms with Gasteiger partial charge in [-0.3, -0.25) is 9.36 Å². The molecule has 0 fully saturated rings. The van der Waals surface area contributed by atoms with Gasteiger partial charge < -0.3 is 9.30 Å². The van der Waals surface area contributed by atoms with Crippen molar-refractivity contribution in [3.05, 3.63) is 53.6 Å². The second kappa shape index (κ2) is 5.16. The van der Waals surface area contributed by atoms with Crippen LogP contribution in [0.3, 0.4) is 0 Å². The van der Waals surface area contributed by atoms with E-state index < -0.39 is 0 Å². The Hall–Kier alpha value is -2.63. The molecular formula is C14H14N4O2. The van der Waals surface area contributed by atoms with Crippen molar-refractivity contribution in [2.24, 2.45) is 0 Å². The summed E-state index contributed by atoms with van der Waals surface area (Å²) in [5.41, 5.74) is 0.535. The van der Waals surface area contributed by atoms with Gasteiger partial charge in [0, 0.05) is 25.5 Å². The molecule has 3 rings (SSSR count). The van der Waals surface area contributed by atoms with Crippen molar-refractivity contribution in [3.63, 3.8) is 0 Å². The lowest BCUT2D eigenvalue weighted by atomic mass is 10.2. The number of nitrogens with zero attached hydrogens (tertiary/aromatic N) is 4. The summed E-state index contributed by atoms with van der Waals surface area (Å²) < 4.78 is 8.74. The fraction of sp³-hybridized carbons (Fsp3) is 0.214. The van der Waals surface area contributed by atoms with E-state index in [4.69, 9.17) is 4.74 Å². The zero-order chi connectivity index (χ0) is 13.9. The maximum Gasteiger partial charge on any atom is 0.261 e. The number of hydrogen-bond donors (Lipinski definition) is 0. The molecule has 6 heteroatoms. The number of para-hydroxylation sites is 1. The van der Waals surface area contributed by atoms with Crippen molar-refractivity contribution in [2.45, 2.75) is 13.1 Å². The van der Waals surface area contributed by atoms with Crippen LogP contribution in [0.15, 0.2) is 48.0 Å². The van der Waals surface area contributed by atoms with Crippen LogP contribution >= 0.6 is 0 Å². The molecular weight excluding hydrogens is 256 g/mol. The minimum atomic E-state index is -0.0611. The molecule has 1 aromatic carbocycles. The van der Waals surface area contributed by atoms with E-state index in [0.29, 0.717) is 29.7 Å². The Morgan fingerprint density at radius 2 is 2.15 bits per heavy atom. The second-order valence-electron chi connectivity index (χ2n) is 4.40. The average Bonchev–Trinajstić information content (AvgIpc) is 2.99. The van der Waals surface area contributed by atoms with Gasteiger partial charge >= 0.3 is 0 Å². The largest absolute Gasteiger partial charge is 0.494 e. The molecule has 102 valence electrons. The number of ether oxygens (including phenoxy) is 1. The molecule has 0 aliphatic rings. The van der Waals surface area contributed by atoms with Crippen molar-refractivity contribution in [3.8, 4) is 5.75 Å². The molecule has 0 saturated carbocycles. The highest BCUT2D eigenvalue weighted by Crippen LogP contribution is 2.19. The first kappa shape index (κ1) is 12.4. The Labute approximate surface area is 115 Å². The number of methoxy groups -OCH3 is 1. The molecule has 0 saturated heterocycles. The summed E-state index contributed by atoms with van der Waals surface area (Å²) in [6.07, 6.45) is 6.86. The number of aryl methyl sites for hydroxylation is 2. The number of fused-ring (bicyclic) bond motifs is 1. The van der Waals surface area contributed by atoms with Gasteiger partial charge in [-0.25, -0.2) is 9.97 Å². The van der Waals surface area contributed by atoms with Crippen molar-refractivity contribution in [1.29, 1.82) is 0 Å². The second-order valence-corrected chi connectivity index (χ2v) is 4.40. The van der Waals surface area contributed by atoms with E-state index in [-0.39, 0.29) is 5.56 Å². The third-order valence-electron chi connectivity index (χ3n) is 3.19. The fourth-order valence-electron chi connectivity index (χ4n) is 2.13. The predicted octanol–water partition coefficient (Wildman–Crippen LogP) is 1.30. The molecule has 0 aliphatic carbocycles. The zero-order valence-electron chi connectivity index (χ0n) is 11.1. The van der Waals surface area contributed by atoms with Gasteiger partial charge in [-0.05, 0) is 12.1 Å². The summed E-state index contributed by atoms with van der Waals surface area (Å²) in [5, 5.41) is 0.567. The van der Waals surface area contributed by atoms with Crippen LogP contribution in [-0.2, 0) is 13.1 Å². The highest BCUT2D eigenvalue weighted by Gasteiger charge is 2.08. The average molecular weight is 270 g/mol. The van der Waals surface area contributed by atoms with Crippen LogP contribution in [0.5, 0.6) is 5.75 Å². The topological polar surface area (TPSA) is 61.9 Å². The van der Waals surface area contributed by atoms with Gasteiger partial charge in [0.1, 0.15) is 11.3 Å². The van der Waals surface area contributed by atoms with Crippen LogP contribution in [0.2, 0.25) is 0 Å². The minimum Gasteiger partial charge on any atom is -0.494 e. The van der Waals surface area contributed by atoms with Crippen molar-refractivity contribution in [2.75, 3.05) is 7.11 Å². The van der Waals surface area contributed by atoms with Gasteiger partial charge in [0.25, 0.3) is 5.56 Å². The van der Waals surface area contributed by atoms with E-state index in [1.807, 2.05) is 10.8 Å². The molecule has 0 N–H and O–H groups in total. The lowest BCUT2D eigenvalue weighted by Gasteiger charge is -2.08. The summed E-state index contributed by atoms with van der Waals surface area (Å²) in [7, 11) is 1.57. The van der Waals surface area contributed by atoms with Crippen LogP contribution in [0.4, 0.5) is 0 Å². The van der Waals surface area contributed by atoms with E-state index >= 15 is 0 Å². The minimum absolute atomic E-state index is 0.0611. The molecule has 0 radical (unpaired) electrons. The van der Waals surface area contributed by atoms with E-state index in [0.717, 1.165) is 0 Å². The Balaban J connectivity index is 1.97. The molecule has 0 atom stereocenters. The van der Waals surface area contributed by atoms with Crippen LogP contribution in [0.1, 0.15) is 0 Å². The Bertz CT molecular complexity index is 777. The van der Waals surface area contributed by atoms with Gasteiger partial charge in [0.2, 0.25) is 0 Å². The Morgan fingerprint density at radius 3 is 2.90 bits per heavy atom. The maximum absolute atomic E-state index is 12.4. The molecule has 0 unspecified atom stereocenters. The predicted molar refractivity (Wildman–Crippen MR) is 74.8 cm³/mol. The monoisotopic (exact) mass is 270 g/mol. The van der Waals surface area contributed by atoms with Crippen molar-refractivity contribution in [1.82, 2.24) is 19.1 Å². The van der Waals surface area contributed by atoms with Crippen LogP contribution < -0.4 is 10.3 Å². The smallest absolute Gasteiger partial charge is 0.261 e. The SMILES string of the molecule is COc1cccc2c(=O)n(CCn3ccnc3)cnc12. The summed E-state index contributed by atoms with van der Waals surface area (Å²) in [6.45, 7) is 1.23. The van der Waals surface area contributed by atoms with Crippen molar-refractivity contribution < 1.29 is 4.74 Å². The highest BCUT2D eigenvalue weighted by atomic mass is 16.5. The number of aromatic nitrogens is 4. The molecule has 3 aromatic rings. The number of benzene rings is 1. The first-order valence-electron chi connectivity index (χ1n) is 6.27. The lowest BCUT2D eigenvalue weighted by molar-refractivity contribution is 0.418. The van der Waals surface area contributed by atoms with Gasteiger partial charge in [0.15, 0.2) is 0 Å². The van der Waals surface area contributed by atoms with Gasteiger partial charge in [-0.15, -0.1) is 0 Å². The van der Waals surface area contributed by atoms with E-state index in [1.165, 1.54) is 0 Å². The normalized spacial score (nSPS) is 10.8. The third-order valence-corrected chi connectivity index (χ3v) is 3.19. The van der Waals surface area contributed by atoms with E-state index in [2.05, 4.69) is 9.97 Å². The molecule has 0 spiro atoms. The van der Waals surface area contributed by atoms with Crippen LogP contribution in [-0.4, -0.2) is 26.2 Å². The molecule has 0 aliphatic heterocycles. The first-order valence-corrected chi connectivity index (χ1v) is 6.27. The van der Waals surface area contributed by atoms with Crippen molar-refractivity contribution >= 4 is 10.9 Å². The lowest BCUT2D eigenvalue weighted by Crippen LogP contribution is -2.22. The Kier molecular flexibility index (Phi) is 3.20. The summed E-state index contributed by atoms with van der Waals surface area (Å²) in [5.74, 6) is 0.612. The van der Waals surface area contributed by atoms with Crippen LogP contribution in [0.25, 0.3) is 10.9 Å². The van der Waals surface area contributed by atoms with Gasteiger partial charge in [-0.2, -0.15) is 0 Å². The number of rotatable bonds is 4. The van der Waals surface area contributed by atoms with Gasteiger partial charge in [-0.1, -0.05) is 6.07 Å². The van der Waals surface area contributed by atoms with E-state index in [1.54, 1.807) is 48.7 Å². The summed E-state index contributed by atoms with van der Waals surface area (Å²) in [6, 6.07) is 5.36. The highest BCUT2D eigenvalue weighted by molar-refractivity contribution is 5.83. The first-order chi connectivity index (χ1) is 9.79. The number of hydrogen-bond acceptors (Lipinski definition) is 4. The maximum atomic E-state index is 12.4. The quantitative estimate of drug-likeness (QED) is 0.717. The molecule has 20 heavy (non-hydrogen) atoms. The molecule has 0 bridgehead atoms. The molecule has 2 heterocycles. The van der Waals surface area contributed by atoms with E-state index in [9.17, 15) is 4.79 Å². The van der Waals surface area contributed by atoms with Gasteiger partial charge in [0.05, 0.1) is 25.2 Å². The standard InChI is InChI=1S/C14H14N4O2/c1-20-12-4-2-3-11-13(12)16-10-18(14(11)19)8-7-17-6-5-15-9-17/h2-6,9-10H,7-8H2,1H3. The molecule has 0 amide bonds. The molecule has 2 aromatic heterocycles. The zero-order valence-corrected chi connectivity index (χ0v) is 11.1. The number of imidazole rings is 1. The molecule has 6 nitrogen and oxygen atoms in total. The summed E-state index contributed by atoms with van der Waals surface area (Å²) >= 11 is 0. The third kappa shape index (κ3) is 2.16. The Morgan fingerprint density at radius 1 is 1.25 bits per heavy atom. The fourth-order valence-corrected chi connectivity index (χ4v) is 2.13. The summed E-state index contributed by atoms with van der Waals surface area (Å²) in [4.78, 5) is 20.7. The van der Waals surface area contributed by atoms with Crippen LogP contribution in [0, 0.1) is 0 Å².